The molecule has 2 rings (SSSR count). The van der Waals surface area contributed by atoms with Crippen LogP contribution in [0.5, 0.6) is 0 Å². The van der Waals surface area contributed by atoms with Gasteiger partial charge in [-0.25, -0.2) is 0 Å². The Balaban J connectivity index is 1.87. The maximum absolute atomic E-state index is 12.3. The fourth-order valence-corrected chi connectivity index (χ4v) is 2.35. The highest BCUT2D eigenvalue weighted by atomic mass is 16.2. The topological polar surface area (TPSA) is 32.3 Å². The molecule has 2 aliphatic rings. The summed E-state index contributed by atoms with van der Waals surface area (Å²) in [5.74, 6) is 1.05. The van der Waals surface area contributed by atoms with Crippen LogP contribution in [0.4, 0.5) is 0 Å². The first-order valence-corrected chi connectivity index (χ1v) is 6.72. The molecule has 1 saturated carbocycles. The Hall–Kier alpha value is -0.570. The van der Waals surface area contributed by atoms with Crippen molar-refractivity contribution < 1.29 is 4.79 Å². The van der Waals surface area contributed by atoms with Gasteiger partial charge in [-0.15, -0.1) is 0 Å². The van der Waals surface area contributed by atoms with Gasteiger partial charge in [0.1, 0.15) is 0 Å². The van der Waals surface area contributed by atoms with Crippen LogP contribution in [0.25, 0.3) is 0 Å². The lowest BCUT2D eigenvalue weighted by molar-refractivity contribution is -0.133. The summed E-state index contributed by atoms with van der Waals surface area (Å²) in [6.45, 7) is 6.42. The third kappa shape index (κ3) is 2.97. The van der Waals surface area contributed by atoms with E-state index >= 15 is 0 Å². The minimum Gasteiger partial charge on any atom is -0.338 e. The summed E-state index contributed by atoms with van der Waals surface area (Å²) in [6.07, 6.45) is 5.75. The summed E-state index contributed by atoms with van der Waals surface area (Å²) in [7, 11) is 0. The van der Waals surface area contributed by atoms with E-state index in [-0.39, 0.29) is 6.04 Å². The number of nitrogens with one attached hydrogen (secondary N) is 1. The number of nitrogens with zero attached hydrogens (tertiary/aromatic N) is 1. The quantitative estimate of drug-likeness (QED) is 0.772. The molecule has 1 unspecified atom stereocenters. The number of rotatable bonds is 5. The van der Waals surface area contributed by atoms with E-state index in [9.17, 15) is 4.79 Å². The summed E-state index contributed by atoms with van der Waals surface area (Å²) in [4.78, 5) is 14.4. The van der Waals surface area contributed by atoms with E-state index in [1.54, 1.807) is 0 Å². The second-order valence-electron chi connectivity index (χ2n) is 5.59. The lowest BCUT2D eigenvalue weighted by Gasteiger charge is -2.26. The maximum Gasteiger partial charge on any atom is 0.239 e. The van der Waals surface area contributed by atoms with E-state index in [0.717, 1.165) is 32.4 Å². The molecule has 1 aliphatic heterocycles. The molecule has 0 spiro atoms. The van der Waals surface area contributed by atoms with Gasteiger partial charge in [-0.2, -0.15) is 0 Å². The summed E-state index contributed by atoms with van der Waals surface area (Å²) in [5, 5.41) is 3.32. The zero-order valence-corrected chi connectivity index (χ0v) is 10.5. The molecule has 1 saturated heterocycles. The third-order valence-electron chi connectivity index (χ3n) is 3.58. The van der Waals surface area contributed by atoms with Gasteiger partial charge in [0, 0.05) is 12.6 Å². The third-order valence-corrected chi connectivity index (χ3v) is 3.58. The van der Waals surface area contributed by atoms with Gasteiger partial charge >= 0.3 is 0 Å². The Morgan fingerprint density at radius 1 is 1.38 bits per heavy atom. The summed E-state index contributed by atoms with van der Waals surface area (Å²) < 4.78 is 0. The average molecular weight is 224 g/mol. The Morgan fingerprint density at radius 2 is 2.12 bits per heavy atom. The Kier molecular flexibility index (Phi) is 3.85. The van der Waals surface area contributed by atoms with Crippen LogP contribution in [0.2, 0.25) is 0 Å². The lowest BCUT2D eigenvalue weighted by atomic mass is 10.1. The summed E-state index contributed by atoms with van der Waals surface area (Å²) >= 11 is 0. The van der Waals surface area contributed by atoms with E-state index in [4.69, 9.17) is 0 Å². The predicted molar refractivity (Wildman–Crippen MR) is 65.2 cm³/mol. The predicted octanol–water partition coefficient (Wildman–Crippen LogP) is 1.78. The first-order chi connectivity index (χ1) is 7.68. The second kappa shape index (κ2) is 5.17. The van der Waals surface area contributed by atoms with Crippen LogP contribution in [0, 0.1) is 5.92 Å². The van der Waals surface area contributed by atoms with Crippen LogP contribution in [0.15, 0.2) is 0 Å². The highest BCUT2D eigenvalue weighted by Crippen LogP contribution is 2.28. The van der Waals surface area contributed by atoms with E-state index < -0.39 is 0 Å². The fraction of sp³-hybridized carbons (Fsp3) is 0.923. The van der Waals surface area contributed by atoms with Gasteiger partial charge < -0.3 is 10.2 Å². The zero-order chi connectivity index (χ0) is 11.5. The van der Waals surface area contributed by atoms with Crippen molar-refractivity contribution >= 4 is 5.91 Å². The normalized spacial score (nSPS) is 25.1. The van der Waals surface area contributed by atoms with Gasteiger partial charge in [-0.05, 0) is 44.6 Å². The molecule has 0 bridgehead atoms. The molecule has 1 aliphatic carbocycles. The van der Waals surface area contributed by atoms with Crippen molar-refractivity contribution in [2.45, 2.75) is 58.0 Å². The number of hydrogen-bond donors (Lipinski definition) is 1. The fourth-order valence-electron chi connectivity index (χ4n) is 2.35. The molecule has 2 fully saturated rings. The van der Waals surface area contributed by atoms with E-state index in [0.29, 0.717) is 17.9 Å². The molecular weight excluding hydrogens is 200 g/mol. The molecule has 1 N–H and O–H groups in total. The van der Waals surface area contributed by atoms with Gasteiger partial charge in [0.25, 0.3) is 0 Å². The van der Waals surface area contributed by atoms with Crippen LogP contribution in [-0.2, 0) is 4.79 Å². The first-order valence-electron chi connectivity index (χ1n) is 6.72. The van der Waals surface area contributed by atoms with Crippen molar-refractivity contribution in [2.24, 2.45) is 5.92 Å². The Morgan fingerprint density at radius 3 is 2.62 bits per heavy atom. The molecule has 3 nitrogen and oxygen atoms in total. The smallest absolute Gasteiger partial charge is 0.239 e. The molecule has 1 atom stereocenters. The Bertz CT molecular complexity index is 242. The minimum absolute atomic E-state index is 0.118. The number of hydrogen-bond acceptors (Lipinski definition) is 2. The highest BCUT2D eigenvalue weighted by molar-refractivity contribution is 5.82. The molecule has 0 aromatic heterocycles. The molecule has 0 aromatic carbocycles. The van der Waals surface area contributed by atoms with Crippen molar-refractivity contribution in [3.8, 4) is 0 Å². The number of carbonyl (C=O) groups is 1. The van der Waals surface area contributed by atoms with Gasteiger partial charge in [0.05, 0.1) is 6.04 Å². The second-order valence-corrected chi connectivity index (χ2v) is 5.59. The first kappa shape index (κ1) is 11.9. The minimum atomic E-state index is 0.118. The molecule has 1 amide bonds. The molecule has 92 valence electrons. The van der Waals surface area contributed by atoms with Crippen LogP contribution >= 0.6 is 0 Å². The largest absolute Gasteiger partial charge is 0.338 e. The molecule has 16 heavy (non-hydrogen) atoms. The lowest BCUT2D eigenvalue weighted by Crippen LogP contribution is -2.45. The van der Waals surface area contributed by atoms with Gasteiger partial charge in [0.2, 0.25) is 5.91 Å². The molecular formula is C13H24N2O. The van der Waals surface area contributed by atoms with Crippen LogP contribution in [0.1, 0.15) is 46.0 Å². The number of carbonyl (C=O) groups excluding carboxylic acids is 1. The van der Waals surface area contributed by atoms with Crippen LogP contribution in [0.3, 0.4) is 0 Å². The monoisotopic (exact) mass is 224 g/mol. The maximum atomic E-state index is 12.3. The van der Waals surface area contributed by atoms with E-state index in [1.165, 1.54) is 12.8 Å². The summed E-state index contributed by atoms with van der Waals surface area (Å²) in [5.41, 5.74) is 0. The average Bonchev–Trinajstić information content (AvgIpc) is 2.93. The van der Waals surface area contributed by atoms with Gasteiger partial charge in [-0.1, -0.05) is 13.8 Å². The zero-order valence-electron chi connectivity index (χ0n) is 10.5. The van der Waals surface area contributed by atoms with Crippen LogP contribution < -0.4 is 5.32 Å². The molecule has 0 aromatic rings. The van der Waals surface area contributed by atoms with Crippen molar-refractivity contribution in [2.75, 3.05) is 13.1 Å². The van der Waals surface area contributed by atoms with Gasteiger partial charge in [0.15, 0.2) is 0 Å². The SMILES string of the molecule is CC(C)CCN(C(=O)C1CCCN1)C1CC1. The van der Waals surface area contributed by atoms with Crippen molar-refractivity contribution in [1.82, 2.24) is 10.2 Å². The molecule has 1 heterocycles. The van der Waals surface area contributed by atoms with Crippen molar-refractivity contribution in [1.29, 1.82) is 0 Å². The van der Waals surface area contributed by atoms with E-state index in [2.05, 4.69) is 24.1 Å². The van der Waals surface area contributed by atoms with Crippen molar-refractivity contribution in [3.05, 3.63) is 0 Å². The van der Waals surface area contributed by atoms with Crippen molar-refractivity contribution in [3.63, 3.8) is 0 Å². The molecule has 0 radical (unpaired) electrons. The Labute approximate surface area is 98.6 Å². The highest BCUT2D eigenvalue weighted by Gasteiger charge is 2.36. The van der Waals surface area contributed by atoms with Crippen LogP contribution in [-0.4, -0.2) is 36.0 Å². The molecule has 3 heteroatoms. The standard InChI is InChI=1S/C13H24N2O/c1-10(2)7-9-15(11-5-6-11)13(16)12-4-3-8-14-12/h10-12,14H,3-9H2,1-2H3. The van der Waals surface area contributed by atoms with E-state index in [1.807, 2.05) is 0 Å². The summed E-state index contributed by atoms with van der Waals surface area (Å²) in [6, 6.07) is 0.682. The van der Waals surface area contributed by atoms with Gasteiger partial charge in [-0.3, -0.25) is 4.79 Å². The number of amides is 1.